The van der Waals surface area contributed by atoms with Gasteiger partial charge in [-0.3, -0.25) is 4.90 Å². The number of nitrogens with one attached hydrogen (secondary N) is 1. The van der Waals surface area contributed by atoms with Crippen molar-refractivity contribution in [2.75, 3.05) is 7.05 Å². The molecular weight excluding hydrogens is 290 g/mol. The number of benzene rings is 1. The zero-order valence-corrected chi connectivity index (χ0v) is 11.9. The molecule has 0 spiro atoms. The maximum Gasteiger partial charge on any atom is 0.124 e. The topological polar surface area (TPSA) is 31.9 Å². The minimum absolute atomic E-state index is 0.495. The van der Waals surface area contributed by atoms with Gasteiger partial charge in [0.2, 0.25) is 0 Å². The Balaban J connectivity index is 1.78. The SMILES string of the molecule is CN1C2CCC(C2)C1c1nc2ccc(Br)cc2[nH]1. The summed E-state index contributed by atoms with van der Waals surface area (Å²) in [4.78, 5) is 10.8. The Bertz CT molecular complexity index is 604. The molecule has 1 aromatic carbocycles. The molecule has 3 nitrogen and oxygen atoms in total. The molecule has 2 fully saturated rings. The van der Waals surface area contributed by atoms with E-state index in [-0.39, 0.29) is 0 Å². The fourth-order valence-corrected chi connectivity index (χ4v) is 4.13. The fraction of sp³-hybridized carbons (Fsp3) is 0.500. The van der Waals surface area contributed by atoms with Crippen LogP contribution in [0.25, 0.3) is 11.0 Å². The first kappa shape index (κ1) is 11.0. The molecule has 2 aliphatic rings. The predicted octanol–water partition coefficient (Wildman–Crippen LogP) is 3.48. The van der Waals surface area contributed by atoms with Gasteiger partial charge < -0.3 is 4.98 Å². The number of halogens is 1. The van der Waals surface area contributed by atoms with Crippen molar-refractivity contribution in [2.45, 2.75) is 31.3 Å². The minimum atomic E-state index is 0.495. The van der Waals surface area contributed by atoms with E-state index in [0.29, 0.717) is 6.04 Å². The molecule has 0 amide bonds. The molecule has 18 heavy (non-hydrogen) atoms. The molecule has 2 aromatic rings. The van der Waals surface area contributed by atoms with Crippen LogP contribution < -0.4 is 0 Å². The van der Waals surface area contributed by atoms with Gasteiger partial charge in [0.05, 0.1) is 17.1 Å². The van der Waals surface area contributed by atoms with Crippen molar-refractivity contribution in [3.8, 4) is 0 Å². The van der Waals surface area contributed by atoms with Gasteiger partial charge in [0.15, 0.2) is 0 Å². The standard InChI is InChI=1S/C14H16BrN3/c1-18-10-4-2-8(6-10)13(18)14-16-11-5-3-9(15)7-12(11)17-14/h3,5,7-8,10,13H,2,4,6H2,1H3,(H,16,17). The third-order valence-electron chi connectivity index (χ3n) is 4.65. The third-order valence-corrected chi connectivity index (χ3v) is 5.14. The number of H-pyrrole nitrogens is 1. The van der Waals surface area contributed by atoms with Gasteiger partial charge in [-0.1, -0.05) is 15.9 Å². The number of hydrogen-bond donors (Lipinski definition) is 1. The molecule has 1 saturated carbocycles. The van der Waals surface area contributed by atoms with Crippen molar-refractivity contribution in [2.24, 2.45) is 5.92 Å². The fourth-order valence-electron chi connectivity index (χ4n) is 3.77. The number of fused-ring (bicyclic) bond motifs is 3. The molecular formula is C14H16BrN3. The van der Waals surface area contributed by atoms with E-state index < -0.39 is 0 Å². The van der Waals surface area contributed by atoms with Crippen LogP contribution in [0.4, 0.5) is 0 Å². The average Bonchev–Trinajstić information content (AvgIpc) is 3.00. The molecule has 1 aliphatic heterocycles. The molecule has 2 bridgehead atoms. The van der Waals surface area contributed by atoms with Crippen LogP contribution in [0.3, 0.4) is 0 Å². The Morgan fingerprint density at radius 2 is 2.28 bits per heavy atom. The highest BCUT2D eigenvalue weighted by atomic mass is 79.9. The van der Waals surface area contributed by atoms with Crippen LogP contribution in [0.1, 0.15) is 31.1 Å². The smallest absolute Gasteiger partial charge is 0.124 e. The Hall–Kier alpha value is -0.870. The van der Waals surface area contributed by atoms with Crippen LogP contribution >= 0.6 is 15.9 Å². The van der Waals surface area contributed by atoms with Gasteiger partial charge in [0, 0.05) is 10.5 Å². The van der Waals surface area contributed by atoms with Gasteiger partial charge in [-0.2, -0.15) is 0 Å². The van der Waals surface area contributed by atoms with Crippen molar-refractivity contribution in [3.05, 3.63) is 28.5 Å². The predicted molar refractivity (Wildman–Crippen MR) is 75.4 cm³/mol. The zero-order chi connectivity index (χ0) is 12.3. The van der Waals surface area contributed by atoms with Gasteiger partial charge in [-0.05, 0) is 50.4 Å². The first-order valence-electron chi connectivity index (χ1n) is 6.59. The molecule has 1 N–H and O–H groups in total. The second-order valence-electron chi connectivity index (χ2n) is 5.62. The number of aromatic nitrogens is 2. The number of rotatable bonds is 1. The molecule has 1 saturated heterocycles. The first-order chi connectivity index (χ1) is 8.72. The highest BCUT2D eigenvalue weighted by molar-refractivity contribution is 9.10. The summed E-state index contributed by atoms with van der Waals surface area (Å²) in [6, 6.07) is 7.51. The first-order valence-corrected chi connectivity index (χ1v) is 7.39. The highest BCUT2D eigenvalue weighted by Crippen LogP contribution is 2.48. The van der Waals surface area contributed by atoms with E-state index in [1.54, 1.807) is 0 Å². The summed E-state index contributed by atoms with van der Waals surface area (Å²) in [5.74, 6) is 1.95. The van der Waals surface area contributed by atoms with Gasteiger partial charge in [-0.15, -0.1) is 0 Å². The Kier molecular flexibility index (Phi) is 2.33. The monoisotopic (exact) mass is 305 g/mol. The van der Waals surface area contributed by atoms with E-state index in [4.69, 9.17) is 4.98 Å². The molecule has 4 rings (SSSR count). The van der Waals surface area contributed by atoms with Crippen molar-refractivity contribution < 1.29 is 0 Å². The molecule has 1 aromatic heterocycles. The molecule has 2 heterocycles. The lowest BCUT2D eigenvalue weighted by atomic mass is 9.98. The number of nitrogens with zero attached hydrogens (tertiary/aromatic N) is 2. The van der Waals surface area contributed by atoms with E-state index in [9.17, 15) is 0 Å². The molecule has 3 atom stereocenters. The summed E-state index contributed by atoms with van der Waals surface area (Å²) in [5, 5.41) is 0. The van der Waals surface area contributed by atoms with Gasteiger partial charge in [0.1, 0.15) is 5.82 Å². The summed E-state index contributed by atoms with van der Waals surface area (Å²) in [5.41, 5.74) is 2.21. The second-order valence-corrected chi connectivity index (χ2v) is 6.54. The van der Waals surface area contributed by atoms with E-state index in [1.807, 2.05) is 0 Å². The zero-order valence-electron chi connectivity index (χ0n) is 10.4. The highest BCUT2D eigenvalue weighted by Gasteiger charge is 2.45. The summed E-state index contributed by atoms with van der Waals surface area (Å²) in [6.45, 7) is 0. The molecule has 0 radical (unpaired) electrons. The summed E-state index contributed by atoms with van der Waals surface area (Å²) in [7, 11) is 2.25. The number of piperidine rings is 1. The van der Waals surface area contributed by atoms with Crippen molar-refractivity contribution in [1.29, 1.82) is 0 Å². The summed E-state index contributed by atoms with van der Waals surface area (Å²) >= 11 is 3.51. The van der Waals surface area contributed by atoms with Crippen LogP contribution in [-0.2, 0) is 0 Å². The van der Waals surface area contributed by atoms with Crippen LogP contribution in [-0.4, -0.2) is 28.0 Å². The van der Waals surface area contributed by atoms with Gasteiger partial charge >= 0.3 is 0 Å². The Morgan fingerprint density at radius 3 is 3.06 bits per heavy atom. The lowest BCUT2D eigenvalue weighted by molar-refractivity contribution is 0.171. The van der Waals surface area contributed by atoms with Crippen LogP contribution in [0.15, 0.2) is 22.7 Å². The van der Waals surface area contributed by atoms with E-state index >= 15 is 0 Å². The van der Waals surface area contributed by atoms with Crippen molar-refractivity contribution >= 4 is 27.0 Å². The van der Waals surface area contributed by atoms with Crippen LogP contribution in [0.5, 0.6) is 0 Å². The molecule has 4 heteroatoms. The normalized spacial score (nSPS) is 31.6. The van der Waals surface area contributed by atoms with Crippen molar-refractivity contribution in [1.82, 2.24) is 14.9 Å². The van der Waals surface area contributed by atoms with Crippen LogP contribution in [0.2, 0.25) is 0 Å². The van der Waals surface area contributed by atoms with Gasteiger partial charge in [0.25, 0.3) is 0 Å². The average molecular weight is 306 g/mol. The number of likely N-dealkylation sites (tertiary alicyclic amines) is 1. The summed E-state index contributed by atoms with van der Waals surface area (Å²) < 4.78 is 1.10. The van der Waals surface area contributed by atoms with E-state index in [1.165, 1.54) is 19.3 Å². The van der Waals surface area contributed by atoms with E-state index in [0.717, 1.165) is 33.3 Å². The van der Waals surface area contributed by atoms with Crippen LogP contribution in [0, 0.1) is 5.92 Å². The summed E-state index contributed by atoms with van der Waals surface area (Å²) in [6.07, 6.45) is 4.08. The lowest BCUT2D eigenvalue weighted by Gasteiger charge is -2.30. The van der Waals surface area contributed by atoms with E-state index in [2.05, 4.69) is 51.1 Å². The van der Waals surface area contributed by atoms with Crippen molar-refractivity contribution in [3.63, 3.8) is 0 Å². The lowest BCUT2D eigenvalue weighted by Crippen LogP contribution is -2.31. The molecule has 94 valence electrons. The van der Waals surface area contributed by atoms with Gasteiger partial charge in [-0.25, -0.2) is 4.98 Å². The quantitative estimate of drug-likeness (QED) is 0.874. The number of aromatic amines is 1. The number of imidazole rings is 1. The maximum atomic E-state index is 4.79. The second kappa shape index (κ2) is 3.81. The largest absolute Gasteiger partial charge is 0.341 e. The minimum Gasteiger partial charge on any atom is -0.341 e. The third kappa shape index (κ3) is 1.48. The number of hydrogen-bond acceptors (Lipinski definition) is 2. The maximum absolute atomic E-state index is 4.79. The Morgan fingerprint density at radius 1 is 1.39 bits per heavy atom. The Labute approximate surface area is 115 Å². The molecule has 1 aliphatic carbocycles. The molecule has 3 unspecified atom stereocenters.